The van der Waals surface area contributed by atoms with Crippen LogP contribution in [0.1, 0.15) is 6.92 Å². The van der Waals surface area contributed by atoms with Gasteiger partial charge in [0.1, 0.15) is 5.82 Å². The molecule has 30 heavy (non-hydrogen) atoms. The first-order valence-corrected chi connectivity index (χ1v) is 10.2. The normalized spacial score (nSPS) is 16.0. The van der Waals surface area contributed by atoms with E-state index in [9.17, 15) is 0 Å². The van der Waals surface area contributed by atoms with Crippen LogP contribution in [0.3, 0.4) is 0 Å². The molecular weight excluding hydrogens is 372 g/mol. The van der Waals surface area contributed by atoms with Gasteiger partial charge in [-0.25, -0.2) is 14.5 Å². The average molecular weight is 395 g/mol. The number of imidazole rings is 2. The molecule has 4 heterocycles. The molecule has 148 valence electrons. The highest BCUT2D eigenvalue weighted by molar-refractivity contribution is 5.87. The van der Waals surface area contributed by atoms with E-state index in [4.69, 9.17) is 4.98 Å². The van der Waals surface area contributed by atoms with Crippen molar-refractivity contribution in [1.29, 1.82) is 0 Å². The first-order chi connectivity index (χ1) is 14.6. The fourth-order valence-corrected chi connectivity index (χ4v) is 4.71. The Morgan fingerprint density at radius 3 is 2.37 bits per heavy atom. The maximum atomic E-state index is 4.86. The predicted molar refractivity (Wildman–Crippen MR) is 119 cm³/mol. The maximum Gasteiger partial charge on any atom is 0.283 e. The number of anilines is 4. The molecule has 0 bridgehead atoms. The van der Waals surface area contributed by atoms with Crippen LogP contribution in [0, 0.1) is 0 Å². The lowest BCUT2D eigenvalue weighted by Crippen LogP contribution is -2.43. The fraction of sp³-hybridized carbons (Fsp3) is 0.167. The number of pyridine rings is 1. The van der Waals surface area contributed by atoms with Gasteiger partial charge in [0.15, 0.2) is 11.9 Å². The zero-order valence-corrected chi connectivity index (χ0v) is 17.3. The molecule has 2 aromatic carbocycles. The molecule has 1 aliphatic rings. The molecule has 0 saturated heterocycles. The molecule has 0 spiro atoms. The molecule has 1 aliphatic heterocycles. The quantitative estimate of drug-likeness (QED) is 0.418. The van der Waals surface area contributed by atoms with Gasteiger partial charge in [0.25, 0.3) is 5.82 Å². The maximum absolute atomic E-state index is 4.86. The van der Waals surface area contributed by atoms with Crippen LogP contribution in [-0.4, -0.2) is 20.1 Å². The van der Waals surface area contributed by atoms with Crippen molar-refractivity contribution in [3.05, 3.63) is 79.1 Å². The number of hydrogen-bond donors (Lipinski definition) is 0. The molecule has 0 N–H and O–H groups in total. The predicted octanol–water partition coefficient (Wildman–Crippen LogP) is 4.29. The van der Waals surface area contributed by atoms with Crippen LogP contribution in [0.25, 0.3) is 16.8 Å². The van der Waals surface area contributed by atoms with Gasteiger partial charge < -0.3 is 0 Å². The minimum Gasteiger partial charge on any atom is -0.299 e. The van der Waals surface area contributed by atoms with Crippen LogP contribution >= 0.6 is 0 Å². The standard InChI is InChI=1S/C24H23N6/c1-17-29(22-14-8-9-15-26(22)2)20-12-6-7-13-21(20)30(17)23-16-28-19-11-5-4-10-18(19)25-24(28)27(23)3/h4-17H,1-3H3/q+1/t17-/m0/s1. The van der Waals surface area contributed by atoms with Crippen molar-refractivity contribution < 1.29 is 4.57 Å². The Kier molecular flexibility index (Phi) is 3.47. The van der Waals surface area contributed by atoms with Gasteiger partial charge in [0.05, 0.1) is 36.2 Å². The van der Waals surface area contributed by atoms with Crippen LogP contribution in [0.15, 0.2) is 79.1 Å². The highest BCUT2D eigenvalue weighted by Crippen LogP contribution is 2.46. The van der Waals surface area contributed by atoms with Crippen LogP contribution in [-0.2, 0) is 14.1 Å². The Labute approximate surface area is 174 Å². The number of aryl methyl sites for hydroxylation is 2. The van der Waals surface area contributed by atoms with Gasteiger partial charge in [-0.2, -0.15) is 0 Å². The minimum absolute atomic E-state index is 0.112. The molecule has 0 unspecified atom stereocenters. The molecule has 5 aromatic rings. The second-order valence-electron chi connectivity index (χ2n) is 7.85. The third-order valence-corrected chi connectivity index (χ3v) is 6.13. The van der Waals surface area contributed by atoms with Crippen LogP contribution in [0.4, 0.5) is 23.0 Å². The number of benzene rings is 2. The Balaban J connectivity index is 1.57. The van der Waals surface area contributed by atoms with Crippen molar-refractivity contribution in [1.82, 2.24) is 14.0 Å². The molecule has 1 atom stereocenters. The summed E-state index contributed by atoms with van der Waals surface area (Å²) in [5.41, 5.74) is 4.54. The van der Waals surface area contributed by atoms with E-state index in [0.29, 0.717) is 0 Å². The van der Waals surface area contributed by atoms with Crippen molar-refractivity contribution in [3.8, 4) is 0 Å². The molecule has 6 nitrogen and oxygen atoms in total. The second kappa shape index (κ2) is 6.10. The summed E-state index contributed by atoms with van der Waals surface area (Å²) in [5.74, 6) is 3.22. The molecule has 0 radical (unpaired) electrons. The zero-order chi connectivity index (χ0) is 20.4. The third-order valence-electron chi connectivity index (χ3n) is 6.13. The summed E-state index contributed by atoms with van der Waals surface area (Å²) in [6.45, 7) is 2.25. The summed E-state index contributed by atoms with van der Waals surface area (Å²) >= 11 is 0. The van der Waals surface area contributed by atoms with E-state index in [0.717, 1.165) is 28.4 Å². The lowest BCUT2D eigenvalue weighted by Gasteiger charge is -2.25. The van der Waals surface area contributed by atoms with E-state index >= 15 is 0 Å². The lowest BCUT2D eigenvalue weighted by atomic mass is 10.2. The summed E-state index contributed by atoms with van der Waals surface area (Å²) in [6.07, 6.45) is 4.41. The van der Waals surface area contributed by atoms with E-state index in [1.54, 1.807) is 0 Å². The van der Waals surface area contributed by atoms with E-state index < -0.39 is 0 Å². The van der Waals surface area contributed by atoms with Gasteiger partial charge in [-0.1, -0.05) is 30.3 Å². The molecule has 0 amide bonds. The number of para-hydroxylation sites is 4. The number of nitrogens with zero attached hydrogens (tertiary/aromatic N) is 6. The van der Waals surface area contributed by atoms with Gasteiger partial charge in [0.2, 0.25) is 5.78 Å². The summed E-state index contributed by atoms with van der Waals surface area (Å²) in [7, 11) is 4.19. The van der Waals surface area contributed by atoms with Crippen LogP contribution in [0.5, 0.6) is 0 Å². The highest BCUT2D eigenvalue weighted by Gasteiger charge is 2.42. The third kappa shape index (κ3) is 2.19. The summed E-state index contributed by atoms with van der Waals surface area (Å²) < 4.78 is 6.54. The number of rotatable bonds is 2. The summed E-state index contributed by atoms with van der Waals surface area (Å²) in [4.78, 5) is 9.65. The van der Waals surface area contributed by atoms with Crippen molar-refractivity contribution in [2.75, 3.05) is 9.80 Å². The number of aromatic nitrogens is 4. The van der Waals surface area contributed by atoms with Gasteiger partial charge in [0, 0.05) is 13.1 Å². The first-order valence-electron chi connectivity index (χ1n) is 10.2. The van der Waals surface area contributed by atoms with Gasteiger partial charge in [-0.3, -0.25) is 13.9 Å². The van der Waals surface area contributed by atoms with E-state index in [2.05, 4.69) is 117 Å². The highest BCUT2D eigenvalue weighted by atomic mass is 15.5. The molecule has 3 aromatic heterocycles. The summed E-state index contributed by atoms with van der Waals surface area (Å²) in [6, 6.07) is 23.2. The molecule has 0 saturated carbocycles. The molecule has 6 rings (SSSR count). The van der Waals surface area contributed by atoms with Crippen molar-refractivity contribution >= 4 is 39.8 Å². The van der Waals surface area contributed by atoms with Gasteiger partial charge in [-0.05, 0) is 37.3 Å². The molecular formula is C24H23N6+. The second-order valence-corrected chi connectivity index (χ2v) is 7.85. The first kappa shape index (κ1) is 17.1. The largest absolute Gasteiger partial charge is 0.299 e. The van der Waals surface area contributed by atoms with Crippen LogP contribution in [0.2, 0.25) is 0 Å². The van der Waals surface area contributed by atoms with Crippen molar-refractivity contribution in [3.63, 3.8) is 0 Å². The molecule has 0 aliphatic carbocycles. The van der Waals surface area contributed by atoms with Gasteiger partial charge in [-0.15, -0.1) is 0 Å². The Morgan fingerprint density at radius 2 is 1.57 bits per heavy atom. The number of fused-ring (bicyclic) bond motifs is 4. The Hall–Kier alpha value is -3.80. The van der Waals surface area contributed by atoms with Crippen molar-refractivity contribution in [2.45, 2.75) is 13.1 Å². The zero-order valence-electron chi connectivity index (χ0n) is 17.3. The molecule has 6 heteroatoms. The monoisotopic (exact) mass is 395 g/mol. The fourth-order valence-electron chi connectivity index (χ4n) is 4.71. The Morgan fingerprint density at radius 1 is 0.867 bits per heavy atom. The molecule has 0 fully saturated rings. The number of hydrogen-bond acceptors (Lipinski definition) is 3. The SMILES string of the molecule is C[C@@H]1N(c2cn3c4ccccc4nc3n2C)c2ccccc2N1c1cccc[n+]1C. The minimum atomic E-state index is 0.112. The smallest absolute Gasteiger partial charge is 0.283 e. The average Bonchev–Trinajstić information content (AvgIpc) is 3.37. The van der Waals surface area contributed by atoms with E-state index in [-0.39, 0.29) is 6.17 Å². The van der Waals surface area contributed by atoms with Crippen molar-refractivity contribution in [2.24, 2.45) is 14.1 Å². The lowest BCUT2D eigenvalue weighted by molar-refractivity contribution is -0.658. The summed E-state index contributed by atoms with van der Waals surface area (Å²) in [5, 5.41) is 0. The Bertz CT molecular complexity index is 1410. The topological polar surface area (TPSA) is 32.6 Å². The van der Waals surface area contributed by atoms with Crippen LogP contribution < -0.4 is 14.4 Å². The van der Waals surface area contributed by atoms with Gasteiger partial charge >= 0.3 is 0 Å². The van der Waals surface area contributed by atoms with E-state index in [1.165, 1.54) is 11.4 Å². The van der Waals surface area contributed by atoms with E-state index in [1.807, 2.05) is 6.07 Å².